The van der Waals surface area contributed by atoms with Crippen molar-refractivity contribution in [2.75, 3.05) is 13.7 Å². The first-order valence-corrected chi connectivity index (χ1v) is 12.0. The van der Waals surface area contributed by atoms with E-state index in [2.05, 4.69) is 14.8 Å². The van der Waals surface area contributed by atoms with Gasteiger partial charge in [-0.3, -0.25) is 4.79 Å². The van der Waals surface area contributed by atoms with Crippen molar-refractivity contribution in [2.45, 2.75) is 37.2 Å². The molecule has 0 radical (unpaired) electrons. The number of hydrogen-bond acceptors (Lipinski definition) is 7. The van der Waals surface area contributed by atoms with Crippen LogP contribution in [0, 0.1) is 0 Å². The number of hydrogen-bond donors (Lipinski definition) is 1. The van der Waals surface area contributed by atoms with Gasteiger partial charge >= 0.3 is 12.3 Å². The van der Waals surface area contributed by atoms with E-state index in [-0.39, 0.29) is 29.8 Å². The topological polar surface area (TPSA) is 92.3 Å². The number of fused-ring (bicyclic) bond motifs is 3. The van der Waals surface area contributed by atoms with Crippen molar-refractivity contribution in [3.63, 3.8) is 0 Å². The summed E-state index contributed by atoms with van der Waals surface area (Å²) in [6.07, 6.45) is -3.83. The highest BCUT2D eigenvalue weighted by atomic mass is 19.3. The molecular weight excluding hydrogens is 500 g/mol. The monoisotopic (exact) mass is 523 g/mol. The van der Waals surface area contributed by atoms with Crippen molar-refractivity contribution >= 4 is 11.9 Å². The second-order valence-corrected chi connectivity index (χ2v) is 9.61. The zero-order valence-corrected chi connectivity index (χ0v) is 20.5. The Hall–Kier alpha value is -4.34. The molecule has 0 bridgehead atoms. The Kier molecular flexibility index (Phi) is 5.44. The molecule has 6 rings (SSSR count). The first-order chi connectivity index (χ1) is 18.2. The van der Waals surface area contributed by atoms with Crippen LogP contribution < -0.4 is 24.3 Å². The van der Waals surface area contributed by atoms with Crippen LogP contribution in [0.4, 0.5) is 8.78 Å². The highest BCUT2D eigenvalue weighted by molar-refractivity contribution is 5.91. The molecule has 0 aliphatic carbocycles. The third-order valence-corrected chi connectivity index (χ3v) is 7.11. The Morgan fingerprint density at radius 2 is 1.74 bits per heavy atom. The zero-order valence-electron chi connectivity index (χ0n) is 20.5. The third kappa shape index (κ3) is 3.96. The summed E-state index contributed by atoms with van der Waals surface area (Å²) in [7, 11) is 1.32. The summed E-state index contributed by atoms with van der Waals surface area (Å²) < 4.78 is 53.1. The molecule has 3 aromatic rings. The number of amides is 1. The second kappa shape index (κ2) is 8.61. The number of esters is 1. The maximum Gasteiger partial charge on any atom is 0.586 e. The number of carbonyl (C=O) groups is 2. The van der Waals surface area contributed by atoms with Gasteiger partial charge in [0, 0.05) is 23.6 Å². The zero-order chi connectivity index (χ0) is 26.7. The lowest BCUT2D eigenvalue weighted by Gasteiger charge is -2.34. The van der Waals surface area contributed by atoms with Crippen LogP contribution in [-0.4, -0.2) is 31.9 Å². The quantitative estimate of drug-likeness (QED) is 0.490. The number of para-hydroxylation sites is 1. The molecule has 3 atom stereocenters. The molecule has 1 amide bonds. The van der Waals surface area contributed by atoms with Gasteiger partial charge in [-0.25, -0.2) is 4.79 Å². The molecule has 3 aromatic carbocycles. The van der Waals surface area contributed by atoms with Crippen molar-refractivity contribution < 1.29 is 42.1 Å². The number of rotatable bonds is 4. The largest absolute Gasteiger partial charge is 0.586 e. The minimum absolute atomic E-state index is 0.0168. The number of ether oxygens (including phenoxy) is 5. The Balaban J connectivity index is 1.29. The lowest BCUT2D eigenvalue weighted by molar-refractivity contribution is -0.286. The maximum absolute atomic E-state index is 13.7. The average molecular weight is 523 g/mol. The van der Waals surface area contributed by atoms with Gasteiger partial charge < -0.3 is 29.0 Å². The Bertz CT molecular complexity index is 1460. The predicted octanol–water partition coefficient (Wildman–Crippen LogP) is 4.83. The molecule has 3 aliphatic rings. The van der Waals surface area contributed by atoms with E-state index in [4.69, 9.17) is 14.2 Å². The van der Waals surface area contributed by atoms with Gasteiger partial charge in [-0.05, 0) is 36.8 Å². The van der Waals surface area contributed by atoms with Gasteiger partial charge in [0.2, 0.25) is 5.91 Å². The molecule has 196 valence electrons. The first kappa shape index (κ1) is 24.0. The summed E-state index contributed by atoms with van der Waals surface area (Å²) in [5.74, 6) is -0.206. The SMILES string of the molecule is COC(=O)c1cccc([C@H]2C[C@@H](NC(=O)C3(C)COc4cc5c(cc43)OC(F)(F)O5)c3ccccc3O2)c1. The average Bonchev–Trinajstić information content (AvgIpc) is 3.41. The van der Waals surface area contributed by atoms with Gasteiger partial charge in [-0.2, -0.15) is 0 Å². The fraction of sp³-hybridized carbons (Fsp3) is 0.286. The molecule has 1 unspecified atom stereocenters. The molecule has 38 heavy (non-hydrogen) atoms. The minimum atomic E-state index is -3.78. The van der Waals surface area contributed by atoms with Crippen molar-refractivity contribution in [1.29, 1.82) is 0 Å². The highest BCUT2D eigenvalue weighted by Gasteiger charge is 2.49. The summed E-state index contributed by atoms with van der Waals surface area (Å²) >= 11 is 0. The summed E-state index contributed by atoms with van der Waals surface area (Å²) in [4.78, 5) is 25.8. The summed E-state index contributed by atoms with van der Waals surface area (Å²) in [6.45, 7) is 1.71. The number of nitrogens with one attached hydrogen (secondary N) is 1. The number of benzene rings is 3. The minimum Gasteiger partial charge on any atom is -0.492 e. The van der Waals surface area contributed by atoms with Gasteiger partial charge in [0.15, 0.2) is 11.5 Å². The summed E-state index contributed by atoms with van der Waals surface area (Å²) in [5, 5.41) is 3.12. The van der Waals surface area contributed by atoms with E-state index < -0.39 is 29.8 Å². The molecular formula is C28H23F2NO7. The summed E-state index contributed by atoms with van der Waals surface area (Å²) in [6, 6.07) is 16.6. The molecule has 10 heteroatoms. The number of methoxy groups -OCH3 is 1. The molecule has 8 nitrogen and oxygen atoms in total. The lowest BCUT2D eigenvalue weighted by atomic mass is 9.82. The Morgan fingerprint density at radius 3 is 2.53 bits per heavy atom. The normalized spacial score (nSPS) is 23.9. The van der Waals surface area contributed by atoms with E-state index in [9.17, 15) is 18.4 Å². The fourth-order valence-electron chi connectivity index (χ4n) is 5.08. The molecule has 3 aliphatic heterocycles. The van der Waals surface area contributed by atoms with Gasteiger partial charge in [0.1, 0.15) is 29.6 Å². The number of alkyl halides is 2. The van der Waals surface area contributed by atoms with Gasteiger partial charge in [0.05, 0.1) is 18.7 Å². The van der Waals surface area contributed by atoms with Crippen LogP contribution in [0.25, 0.3) is 0 Å². The smallest absolute Gasteiger partial charge is 0.492 e. The Labute approximate surface area is 216 Å². The van der Waals surface area contributed by atoms with Crippen LogP contribution in [0.15, 0.2) is 60.7 Å². The van der Waals surface area contributed by atoms with E-state index in [1.165, 1.54) is 19.2 Å². The van der Waals surface area contributed by atoms with Gasteiger partial charge in [0.25, 0.3) is 0 Å². The van der Waals surface area contributed by atoms with Crippen LogP contribution in [-0.2, 0) is 14.9 Å². The summed E-state index contributed by atoms with van der Waals surface area (Å²) in [5.41, 5.74) is 1.21. The lowest BCUT2D eigenvalue weighted by Crippen LogP contribution is -2.46. The van der Waals surface area contributed by atoms with Gasteiger partial charge in [-0.1, -0.05) is 30.3 Å². The van der Waals surface area contributed by atoms with E-state index in [0.717, 1.165) is 11.1 Å². The van der Waals surface area contributed by atoms with Gasteiger partial charge in [-0.15, -0.1) is 8.78 Å². The van der Waals surface area contributed by atoms with Crippen LogP contribution in [0.2, 0.25) is 0 Å². The predicted molar refractivity (Wildman–Crippen MR) is 129 cm³/mol. The van der Waals surface area contributed by atoms with Crippen LogP contribution >= 0.6 is 0 Å². The molecule has 0 aromatic heterocycles. The van der Waals surface area contributed by atoms with E-state index in [1.54, 1.807) is 25.1 Å². The van der Waals surface area contributed by atoms with E-state index in [0.29, 0.717) is 23.3 Å². The second-order valence-electron chi connectivity index (χ2n) is 9.61. The Morgan fingerprint density at radius 1 is 0.974 bits per heavy atom. The van der Waals surface area contributed by atoms with Crippen molar-refractivity contribution in [2.24, 2.45) is 0 Å². The van der Waals surface area contributed by atoms with Crippen LogP contribution in [0.5, 0.6) is 23.0 Å². The van der Waals surface area contributed by atoms with Crippen LogP contribution in [0.3, 0.4) is 0 Å². The standard InChI is InChI=1S/C28H23F2NO7/c1-27(14-35-22-13-24-23(11-18(22)27)37-28(29,30)38-24)26(33)31-19-12-21(36-20-9-4-3-8-17(19)20)15-6-5-7-16(10-15)25(32)34-2/h3-11,13,19,21H,12,14H2,1-2H3,(H,31,33)/t19-,21-,27?/m1/s1. The molecule has 0 saturated heterocycles. The van der Waals surface area contributed by atoms with E-state index >= 15 is 0 Å². The molecule has 0 fully saturated rings. The molecule has 1 N–H and O–H groups in total. The van der Waals surface area contributed by atoms with Crippen molar-refractivity contribution in [3.8, 4) is 23.0 Å². The third-order valence-electron chi connectivity index (χ3n) is 7.11. The number of halogens is 2. The molecule has 3 heterocycles. The van der Waals surface area contributed by atoms with E-state index in [1.807, 2.05) is 30.3 Å². The van der Waals surface area contributed by atoms with Crippen LogP contribution in [0.1, 0.15) is 52.5 Å². The number of carbonyl (C=O) groups excluding carboxylic acids is 2. The first-order valence-electron chi connectivity index (χ1n) is 12.0. The molecule has 0 saturated carbocycles. The van der Waals surface area contributed by atoms with Crippen molar-refractivity contribution in [3.05, 3.63) is 82.9 Å². The molecule has 0 spiro atoms. The fourth-order valence-corrected chi connectivity index (χ4v) is 5.08. The maximum atomic E-state index is 13.7. The highest BCUT2D eigenvalue weighted by Crippen LogP contribution is 2.50. The van der Waals surface area contributed by atoms with Crippen molar-refractivity contribution in [1.82, 2.24) is 5.32 Å².